The Hall–Kier alpha value is -1.51. The first-order valence-corrected chi connectivity index (χ1v) is 6.32. The van der Waals surface area contributed by atoms with Crippen LogP contribution in [0.3, 0.4) is 0 Å². The molecule has 3 rings (SSSR count). The zero-order chi connectivity index (χ0) is 11.9. The third kappa shape index (κ3) is 1.61. The lowest BCUT2D eigenvalue weighted by atomic mass is 9.89. The molecule has 0 bridgehead atoms. The molecule has 17 heavy (non-hydrogen) atoms. The van der Waals surface area contributed by atoms with Crippen molar-refractivity contribution in [2.75, 3.05) is 11.9 Å². The summed E-state index contributed by atoms with van der Waals surface area (Å²) in [6.45, 7) is 5.07. The summed E-state index contributed by atoms with van der Waals surface area (Å²) < 4.78 is 0. The van der Waals surface area contributed by atoms with Gasteiger partial charge in [-0.15, -0.1) is 0 Å². The van der Waals surface area contributed by atoms with E-state index >= 15 is 0 Å². The van der Waals surface area contributed by atoms with E-state index in [1.807, 2.05) is 6.92 Å². The Labute approximate surface area is 102 Å². The van der Waals surface area contributed by atoms with Crippen molar-refractivity contribution >= 4 is 11.4 Å². The normalized spacial score (nSPS) is 25.4. The zero-order valence-electron chi connectivity index (χ0n) is 10.4. The third-order valence-corrected chi connectivity index (χ3v) is 3.60. The number of hydrogen-bond acceptors (Lipinski definition) is 3. The van der Waals surface area contributed by atoms with Gasteiger partial charge in [-0.3, -0.25) is 0 Å². The molecule has 0 aromatic heterocycles. The molecule has 1 N–H and O–H groups in total. The Morgan fingerprint density at radius 1 is 1.47 bits per heavy atom. The van der Waals surface area contributed by atoms with Crippen LogP contribution in [0.2, 0.25) is 0 Å². The first-order chi connectivity index (χ1) is 8.23. The molecule has 1 aromatic rings. The fourth-order valence-corrected chi connectivity index (χ4v) is 2.78. The Bertz CT molecular complexity index is 481. The summed E-state index contributed by atoms with van der Waals surface area (Å²) in [5.41, 5.74) is 4.73. The lowest BCUT2D eigenvalue weighted by Crippen LogP contribution is -2.28. The average molecular weight is 230 g/mol. The minimum Gasteiger partial charge on any atom is -0.382 e. The van der Waals surface area contributed by atoms with Gasteiger partial charge in [-0.25, -0.2) is 0 Å². The molecule has 3 heteroatoms. The summed E-state index contributed by atoms with van der Waals surface area (Å²) in [5, 5.41) is 7.55. The Kier molecular flexibility index (Phi) is 2.35. The summed E-state index contributed by atoms with van der Waals surface area (Å²) in [7, 11) is 0. The second-order valence-electron chi connectivity index (χ2n) is 5.07. The van der Waals surface area contributed by atoms with E-state index in [0.29, 0.717) is 0 Å². The minimum atomic E-state index is -0.233. The Morgan fingerprint density at radius 3 is 3.06 bits per heavy atom. The fourth-order valence-electron chi connectivity index (χ4n) is 2.78. The van der Waals surface area contributed by atoms with Crippen LogP contribution in [0.1, 0.15) is 37.8 Å². The Morgan fingerprint density at radius 2 is 2.35 bits per heavy atom. The number of aryl methyl sites for hydroxylation is 1. The van der Waals surface area contributed by atoms with Crippen molar-refractivity contribution in [2.45, 2.75) is 38.7 Å². The highest BCUT2D eigenvalue weighted by atomic mass is 16.7. The maximum absolute atomic E-state index is 5.70. The monoisotopic (exact) mass is 230 g/mol. The summed E-state index contributed by atoms with van der Waals surface area (Å²) >= 11 is 0. The molecule has 0 saturated carbocycles. The zero-order valence-corrected chi connectivity index (χ0v) is 10.4. The van der Waals surface area contributed by atoms with Crippen LogP contribution in [0.5, 0.6) is 0 Å². The van der Waals surface area contributed by atoms with Crippen LogP contribution in [0.4, 0.5) is 5.69 Å². The summed E-state index contributed by atoms with van der Waals surface area (Å²) in [6.07, 6.45) is 3.21. The lowest BCUT2D eigenvalue weighted by molar-refractivity contribution is -0.00654. The molecule has 3 nitrogen and oxygen atoms in total. The molecule has 2 heterocycles. The second-order valence-corrected chi connectivity index (χ2v) is 5.07. The van der Waals surface area contributed by atoms with E-state index in [0.717, 1.165) is 25.1 Å². The molecule has 1 unspecified atom stereocenters. The van der Waals surface area contributed by atoms with Crippen LogP contribution in [-0.4, -0.2) is 12.3 Å². The van der Waals surface area contributed by atoms with Gasteiger partial charge in [0.1, 0.15) is 0 Å². The lowest BCUT2D eigenvalue weighted by Gasteiger charge is -2.20. The van der Waals surface area contributed by atoms with Gasteiger partial charge in [-0.1, -0.05) is 24.6 Å². The SMILES string of the molecule is CCCc1ccc2c(c1)C1(CN2)CC(C)=NO1. The van der Waals surface area contributed by atoms with E-state index in [1.54, 1.807) is 0 Å². The van der Waals surface area contributed by atoms with Gasteiger partial charge in [0.05, 0.1) is 12.3 Å². The molecule has 0 fully saturated rings. The number of nitrogens with one attached hydrogen (secondary N) is 1. The van der Waals surface area contributed by atoms with Gasteiger partial charge in [-0.2, -0.15) is 0 Å². The number of nitrogens with zero attached hydrogens (tertiary/aromatic N) is 1. The van der Waals surface area contributed by atoms with Gasteiger partial charge in [0.25, 0.3) is 0 Å². The molecular formula is C14H18N2O. The molecule has 2 aliphatic rings. The van der Waals surface area contributed by atoms with Crippen molar-refractivity contribution < 1.29 is 4.84 Å². The van der Waals surface area contributed by atoms with Crippen LogP contribution in [0.25, 0.3) is 0 Å². The van der Waals surface area contributed by atoms with Crippen molar-refractivity contribution in [3.8, 4) is 0 Å². The quantitative estimate of drug-likeness (QED) is 0.847. The number of benzene rings is 1. The van der Waals surface area contributed by atoms with Crippen LogP contribution >= 0.6 is 0 Å². The van der Waals surface area contributed by atoms with Gasteiger partial charge in [-0.05, 0) is 31.0 Å². The molecule has 0 radical (unpaired) electrons. The maximum Gasteiger partial charge on any atom is 0.186 e. The average Bonchev–Trinajstić information content (AvgIpc) is 2.86. The van der Waals surface area contributed by atoms with Gasteiger partial charge in [0, 0.05) is 17.7 Å². The van der Waals surface area contributed by atoms with E-state index in [4.69, 9.17) is 4.84 Å². The van der Waals surface area contributed by atoms with Crippen LogP contribution in [-0.2, 0) is 16.9 Å². The van der Waals surface area contributed by atoms with E-state index in [-0.39, 0.29) is 5.60 Å². The van der Waals surface area contributed by atoms with Crippen LogP contribution in [0, 0.1) is 0 Å². The standard InChI is InChI=1S/C14H18N2O/c1-3-4-11-5-6-13-12(7-11)14(9-15-13)8-10(2)16-17-14/h5-7,15H,3-4,8-9H2,1-2H3. The number of anilines is 1. The van der Waals surface area contributed by atoms with E-state index in [9.17, 15) is 0 Å². The number of oxime groups is 1. The van der Waals surface area contributed by atoms with Crippen molar-refractivity contribution in [1.29, 1.82) is 0 Å². The van der Waals surface area contributed by atoms with Crippen LogP contribution in [0.15, 0.2) is 23.4 Å². The molecular weight excluding hydrogens is 212 g/mol. The maximum atomic E-state index is 5.70. The highest BCUT2D eigenvalue weighted by Crippen LogP contribution is 2.43. The number of fused-ring (bicyclic) bond motifs is 2. The predicted octanol–water partition coefficient (Wildman–Crippen LogP) is 3.06. The van der Waals surface area contributed by atoms with E-state index < -0.39 is 0 Å². The summed E-state index contributed by atoms with van der Waals surface area (Å²) in [5.74, 6) is 0. The van der Waals surface area contributed by atoms with E-state index in [2.05, 4.69) is 35.6 Å². The fraction of sp³-hybridized carbons (Fsp3) is 0.500. The number of hydrogen-bond donors (Lipinski definition) is 1. The van der Waals surface area contributed by atoms with Crippen molar-refractivity contribution in [1.82, 2.24) is 0 Å². The summed E-state index contributed by atoms with van der Waals surface area (Å²) in [4.78, 5) is 5.70. The highest BCUT2D eigenvalue weighted by molar-refractivity contribution is 5.85. The molecule has 1 spiro atoms. The largest absolute Gasteiger partial charge is 0.382 e. The second kappa shape index (κ2) is 3.76. The smallest absolute Gasteiger partial charge is 0.186 e. The molecule has 0 saturated heterocycles. The topological polar surface area (TPSA) is 33.6 Å². The first kappa shape index (κ1) is 10.6. The molecule has 90 valence electrons. The summed E-state index contributed by atoms with van der Waals surface area (Å²) in [6, 6.07) is 6.66. The first-order valence-electron chi connectivity index (χ1n) is 6.32. The third-order valence-electron chi connectivity index (χ3n) is 3.60. The molecule has 0 aliphatic carbocycles. The molecule has 2 aliphatic heterocycles. The molecule has 1 atom stereocenters. The Balaban J connectivity index is 1.98. The molecule has 0 amide bonds. The van der Waals surface area contributed by atoms with Crippen LogP contribution < -0.4 is 5.32 Å². The predicted molar refractivity (Wildman–Crippen MR) is 69.4 cm³/mol. The van der Waals surface area contributed by atoms with Crippen molar-refractivity contribution in [3.63, 3.8) is 0 Å². The van der Waals surface area contributed by atoms with Gasteiger partial charge >= 0.3 is 0 Å². The van der Waals surface area contributed by atoms with Gasteiger partial charge in [0.15, 0.2) is 5.60 Å². The van der Waals surface area contributed by atoms with Crippen molar-refractivity contribution in [3.05, 3.63) is 29.3 Å². The van der Waals surface area contributed by atoms with Gasteiger partial charge < -0.3 is 10.2 Å². The van der Waals surface area contributed by atoms with E-state index in [1.165, 1.54) is 23.2 Å². The number of rotatable bonds is 2. The van der Waals surface area contributed by atoms with Gasteiger partial charge in [0.2, 0.25) is 0 Å². The molecule has 1 aromatic carbocycles. The van der Waals surface area contributed by atoms with Crippen molar-refractivity contribution in [2.24, 2.45) is 5.16 Å². The minimum absolute atomic E-state index is 0.233. The highest BCUT2D eigenvalue weighted by Gasteiger charge is 2.45.